The van der Waals surface area contributed by atoms with Crippen LogP contribution in [0.5, 0.6) is 5.75 Å². The third-order valence-electron chi connectivity index (χ3n) is 15.1. The number of allylic oxidation sites excluding steroid dienone is 1. The second-order valence-corrected chi connectivity index (χ2v) is 22.0. The van der Waals surface area contributed by atoms with E-state index in [2.05, 4.69) is 10.3 Å². The molecular weight excluding hydrogens is 1190 g/mol. The highest BCUT2D eigenvalue weighted by molar-refractivity contribution is 6.10. The number of rotatable bonds is 15. The minimum atomic E-state index is -1.25. The number of carbonyl (C=O) groups is 8. The molecule has 6 aromatic carbocycles. The van der Waals surface area contributed by atoms with E-state index in [0.29, 0.717) is 79.0 Å². The molecule has 93 heavy (non-hydrogen) atoms. The van der Waals surface area contributed by atoms with Crippen molar-refractivity contribution in [2.75, 3.05) is 58.6 Å². The lowest BCUT2D eigenvalue weighted by molar-refractivity contribution is -0.172. The molecule has 3 heterocycles. The zero-order chi connectivity index (χ0) is 67.5. The molecule has 474 valence electrons. The monoisotopic (exact) mass is 1260 g/mol. The molecule has 6 aromatic rings. The molecule has 1 unspecified atom stereocenters. The molecule has 23 heteroatoms. The molecule has 0 bridgehead atoms. The van der Waals surface area contributed by atoms with Crippen LogP contribution < -0.4 is 25.2 Å². The van der Waals surface area contributed by atoms with Gasteiger partial charge in [0.2, 0.25) is 0 Å². The average molecular weight is 1260 g/mol. The number of fused-ring (bicyclic) bond motifs is 4. The van der Waals surface area contributed by atoms with Gasteiger partial charge in [0.25, 0.3) is 17.7 Å². The Labute approximate surface area is 533 Å². The van der Waals surface area contributed by atoms with Gasteiger partial charge in [0.1, 0.15) is 22.9 Å². The van der Waals surface area contributed by atoms with E-state index in [-0.39, 0.29) is 53.2 Å². The van der Waals surface area contributed by atoms with E-state index < -0.39 is 47.6 Å². The number of likely N-dealkylation sites (N-methyl/N-ethyl adjacent to an activating group) is 1. The van der Waals surface area contributed by atoms with Crippen LogP contribution in [0.3, 0.4) is 0 Å². The van der Waals surface area contributed by atoms with Crippen LogP contribution in [0, 0.1) is 17.7 Å². The van der Waals surface area contributed by atoms with Crippen LogP contribution in [0.25, 0.3) is 39.0 Å². The van der Waals surface area contributed by atoms with Crippen LogP contribution in [0.1, 0.15) is 104 Å². The molecule has 0 saturated carbocycles. The van der Waals surface area contributed by atoms with Crippen molar-refractivity contribution in [1.29, 1.82) is 10.8 Å². The Balaban J connectivity index is 0.000000203. The van der Waals surface area contributed by atoms with Crippen molar-refractivity contribution in [3.63, 3.8) is 0 Å². The number of amides is 3. The lowest BCUT2D eigenvalue weighted by Crippen LogP contribution is -2.32. The molecule has 23 nitrogen and oxygen atoms in total. The van der Waals surface area contributed by atoms with Crippen molar-refractivity contribution in [2.45, 2.75) is 39.3 Å². The number of nitrogens with one attached hydrogen (secondary N) is 1. The Morgan fingerprint density at radius 2 is 1.18 bits per heavy atom. The molecular formula is C70H64N8O15. The van der Waals surface area contributed by atoms with Crippen LogP contribution in [-0.2, 0) is 21.0 Å². The van der Waals surface area contributed by atoms with Crippen LogP contribution in [0.2, 0.25) is 0 Å². The summed E-state index contributed by atoms with van der Waals surface area (Å²) in [7, 11) is 11.6. The maximum absolute atomic E-state index is 13.0. The molecule has 3 amide bonds. The maximum atomic E-state index is 13.0. The Morgan fingerprint density at radius 3 is 1.78 bits per heavy atom. The van der Waals surface area contributed by atoms with Gasteiger partial charge in [0.05, 0.1) is 33.2 Å². The fourth-order valence-electron chi connectivity index (χ4n) is 10.2. The van der Waals surface area contributed by atoms with Gasteiger partial charge in [-0.15, -0.1) is 5.06 Å². The number of carbonyl (C=O) groups excluding carboxylic acids is 4. The summed E-state index contributed by atoms with van der Waals surface area (Å²) < 4.78 is 12.6. The zero-order valence-corrected chi connectivity index (χ0v) is 51.8. The largest absolute Gasteiger partial charge is 0.478 e. The van der Waals surface area contributed by atoms with Crippen molar-refractivity contribution >= 4 is 75.5 Å². The molecule has 0 radical (unpaired) electrons. The quantitative estimate of drug-likeness (QED) is 0.0362. The van der Waals surface area contributed by atoms with Crippen LogP contribution >= 0.6 is 0 Å². The second kappa shape index (κ2) is 29.1. The van der Waals surface area contributed by atoms with E-state index in [1.165, 1.54) is 36.4 Å². The minimum absolute atomic E-state index is 0.0179. The molecule has 11 rings (SSSR count). The number of nitrogens with zero attached hydrogens (tertiary/aromatic N) is 7. The number of carboxylic acids is 4. The maximum Gasteiger partial charge on any atom is 0.363 e. The second-order valence-electron chi connectivity index (χ2n) is 22.0. The van der Waals surface area contributed by atoms with Crippen molar-refractivity contribution in [3.05, 3.63) is 230 Å². The number of hydrogen-bond donors (Lipinski definition) is 5. The van der Waals surface area contributed by atoms with E-state index in [0.717, 1.165) is 33.2 Å². The van der Waals surface area contributed by atoms with Gasteiger partial charge in [-0.3, -0.25) is 24.3 Å². The topological polar surface area (TPSA) is 334 Å². The first-order valence-corrected chi connectivity index (χ1v) is 28.8. The van der Waals surface area contributed by atoms with Crippen molar-refractivity contribution in [1.82, 2.24) is 15.3 Å². The molecule has 0 aromatic heterocycles. The summed E-state index contributed by atoms with van der Waals surface area (Å²) in [4.78, 5) is 111. The molecule has 3 aliphatic heterocycles. The van der Waals surface area contributed by atoms with E-state index in [9.17, 15) is 48.6 Å². The number of benzene rings is 7. The van der Waals surface area contributed by atoms with Gasteiger partial charge in [0, 0.05) is 139 Å². The zero-order valence-electron chi connectivity index (χ0n) is 51.8. The highest BCUT2D eigenvalue weighted by Gasteiger charge is 2.35. The fraction of sp³-hybridized carbons (Fsp3) is 0.186. The molecule has 1 saturated heterocycles. The van der Waals surface area contributed by atoms with E-state index in [1.54, 1.807) is 48.5 Å². The van der Waals surface area contributed by atoms with E-state index >= 15 is 0 Å². The Hall–Kier alpha value is -12.0. The lowest BCUT2D eigenvalue weighted by atomic mass is 9.84. The van der Waals surface area contributed by atoms with Gasteiger partial charge in [-0.1, -0.05) is 54.1 Å². The minimum Gasteiger partial charge on any atom is -0.478 e. The summed E-state index contributed by atoms with van der Waals surface area (Å²) in [5, 5.41) is 54.7. The third-order valence-corrected chi connectivity index (χ3v) is 15.1. The standard InChI is InChI=1S/C33H29N3O6.C29H27N3O7.C8H8O2.N2/c1-4-34-22-10-13-25-28(16-22)42-29-17-23(36(2)3)11-14-26(29)30(25)24-12-9-21(15-27(24)33(40)41)31(37)35-18-19-5-7-20(8-6-19)32(38)39;1-30(2)17-6-9-20-23(14-17)38-24-15-18(31(3)4)7-10-21(24)27(20)19-8-5-16(13-22(19)28(35)36)29(37)39-32-25(33)11-12-26(32)34;1-6-2-4-7(5-3-6)8(9)10;1-2/h5-17H,4,18H2,1-3H3,(H,35,37)(H,38,39)(H,40,41);5-10,13-15,17H,11-12H2,1-4H3,(H,35,36);2-5H,1H3,(H,9,10);. The summed E-state index contributed by atoms with van der Waals surface area (Å²) in [5.74, 6) is -5.29. The number of hydrogen-bond acceptors (Lipinski definition) is 17. The average Bonchev–Trinajstić information content (AvgIpc) is 0.961. The summed E-state index contributed by atoms with van der Waals surface area (Å²) in [6.45, 7) is 4.63. The highest BCUT2D eigenvalue weighted by atomic mass is 16.7. The van der Waals surface area contributed by atoms with Crippen molar-refractivity contribution in [3.8, 4) is 28.2 Å². The number of ether oxygens (including phenoxy) is 1. The van der Waals surface area contributed by atoms with Crippen molar-refractivity contribution < 1.29 is 72.8 Å². The molecule has 0 spiro atoms. The summed E-state index contributed by atoms with van der Waals surface area (Å²) in [5.41, 5.74) is 8.90. The predicted molar refractivity (Wildman–Crippen MR) is 344 cm³/mol. The number of aromatic carboxylic acids is 4. The SMILES string of the molecule is CCN=c1ccc2c(-c3ccc(C(=O)NCc4ccc(C(=O)O)cc4)cc3C(=O)O)c3ccc(N(C)C)cc3oc-2c1.CN(C)c1ccc2c(c1)OC1=CC(N(C)C)C=CC1=C2c1ccc(C(=O)ON2C(=O)CCC2=O)cc1C(=O)O.Cc1ccc(C(=O)O)cc1.N#N. The molecule has 1 atom stereocenters. The van der Waals surface area contributed by atoms with Gasteiger partial charge in [0.15, 0.2) is 0 Å². The molecule has 5 aliphatic rings. The first kappa shape index (κ1) is 66.9. The Bertz CT molecular complexity index is 4430. The van der Waals surface area contributed by atoms with Gasteiger partial charge in [-0.25, -0.2) is 24.0 Å². The number of aryl methyl sites for hydroxylation is 1. The third kappa shape index (κ3) is 15.2. The summed E-state index contributed by atoms with van der Waals surface area (Å²) in [6.07, 6.45) is 5.79. The smallest absolute Gasteiger partial charge is 0.363 e. The van der Waals surface area contributed by atoms with Gasteiger partial charge in [-0.05, 0) is 136 Å². The normalized spacial score (nSPS) is 13.8. The van der Waals surface area contributed by atoms with Gasteiger partial charge >= 0.3 is 29.8 Å². The molecule has 5 N–H and O–H groups in total. The number of anilines is 2. The predicted octanol–water partition coefficient (Wildman–Crippen LogP) is 10.5. The van der Waals surface area contributed by atoms with Crippen LogP contribution in [-0.4, -0.2) is 133 Å². The number of hydroxylamine groups is 2. The van der Waals surface area contributed by atoms with E-state index in [4.69, 9.17) is 35.0 Å². The molecule has 1 fully saturated rings. The van der Waals surface area contributed by atoms with Gasteiger partial charge in [-0.2, -0.15) is 0 Å². The van der Waals surface area contributed by atoms with Crippen LogP contribution in [0.15, 0.2) is 178 Å². The van der Waals surface area contributed by atoms with Gasteiger partial charge < -0.3 is 49.5 Å². The number of carboxylic acid groups (broad SMARTS) is 4. The lowest BCUT2D eigenvalue weighted by Gasteiger charge is -2.31. The summed E-state index contributed by atoms with van der Waals surface area (Å²) >= 11 is 0. The first-order valence-electron chi connectivity index (χ1n) is 28.8. The highest BCUT2D eigenvalue weighted by Crippen LogP contribution is 2.46. The fourth-order valence-corrected chi connectivity index (χ4v) is 10.2. The van der Waals surface area contributed by atoms with Crippen LogP contribution in [0.4, 0.5) is 11.4 Å². The summed E-state index contributed by atoms with van der Waals surface area (Å²) in [6, 6.07) is 38.7. The Kier molecular flexibility index (Phi) is 20.9. The molecule has 2 aliphatic carbocycles. The van der Waals surface area contributed by atoms with Crippen molar-refractivity contribution in [2.24, 2.45) is 4.99 Å². The number of imide groups is 1. The van der Waals surface area contributed by atoms with E-state index in [1.807, 2.05) is 144 Å². The first-order chi connectivity index (χ1) is 44.4. The Morgan fingerprint density at radius 1 is 0.634 bits per heavy atom.